The largest absolute Gasteiger partial charge is 0.476 e. The number of carboxylic acids is 1. The average Bonchev–Trinajstić information content (AvgIpc) is 2.29. The van der Waals surface area contributed by atoms with Crippen LogP contribution in [0, 0.1) is 0 Å². The quantitative estimate of drug-likeness (QED) is 0.851. The highest BCUT2D eigenvalue weighted by molar-refractivity contribution is 6.30. The van der Waals surface area contributed by atoms with Crippen molar-refractivity contribution in [3.8, 4) is 11.3 Å². The maximum Gasteiger partial charge on any atom is 0.358 e. The van der Waals surface area contributed by atoms with E-state index in [0.29, 0.717) is 10.7 Å². The third-order valence-corrected chi connectivity index (χ3v) is 2.39. The Morgan fingerprint density at radius 3 is 2.47 bits per heavy atom. The number of hydrogen-bond donors (Lipinski definition) is 2. The van der Waals surface area contributed by atoms with E-state index in [2.05, 4.69) is 9.97 Å². The van der Waals surface area contributed by atoms with Gasteiger partial charge in [-0.3, -0.25) is 0 Å². The Bertz CT molecular complexity index is 569. The first-order valence-corrected chi connectivity index (χ1v) is 5.07. The van der Waals surface area contributed by atoms with Gasteiger partial charge in [-0.2, -0.15) is 0 Å². The van der Waals surface area contributed by atoms with Crippen molar-refractivity contribution in [2.75, 3.05) is 5.73 Å². The maximum absolute atomic E-state index is 10.7. The first kappa shape index (κ1) is 11.3. The highest BCUT2D eigenvalue weighted by atomic mass is 35.5. The zero-order valence-electron chi connectivity index (χ0n) is 8.59. The first-order chi connectivity index (χ1) is 8.08. The lowest BCUT2D eigenvalue weighted by Crippen LogP contribution is -2.07. The molecule has 0 aliphatic carbocycles. The van der Waals surface area contributed by atoms with Crippen LogP contribution in [0.4, 0.5) is 5.82 Å². The molecule has 0 atom stereocenters. The lowest BCUT2D eigenvalue weighted by atomic mass is 10.1. The van der Waals surface area contributed by atoms with E-state index < -0.39 is 5.97 Å². The standard InChI is InChI=1S/C11H8ClN3O2/c12-7-3-1-6(2-4-7)8-5-14-9(11(16)17)10(13)15-8/h1-5H,(H2,13,15)(H,16,17). The summed E-state index contributed by atoms with van der Waals surface area (Å²) in [5, 5.41) is 9.37. The summed E-state index contributed by atoms with van der Waals surface area (Å²) in [7, 11) is 0. The number of hydrogen-bond acceptors (Lipinski definition) is 4. The van der Waals surface area contributed by atoms with Gasteiger partial charge in [0.1, 0.15) is 0 Å². The number of aromatic nitrogens is 2. The Hall–Kier alpha value is -2.14. The fourth-order valence-corrected chi connectivity index (χ4v) is 1.45. The van der Waals surface area contributed by atoms with Gasteiger partial charge in [0, 0.05) is 10.6 Å². The molecule has 0 amide bonds. The van der Waals surface area contributed by atoms with Gasteiger partial charge in [0.15, 0.2) is 11.5 Å². The fourth-order valence-electron chi connectivity index (χ4n) is 1.33. The van der Waals surface area contributed by atoms with E-state index in [0.717, 1.165) is 5.56 Å². The predicted octanol–water partition coefficient (Wildman–Crippen LogP) is 2.08. The first-order valence-electron chi connectivity index (χ1n) is 4.69. The number of nitrogens with zero attached hydrogens (tertiary/aromatic N) is 2. The Balaban J connectivity index is 2.44. The molecule has 0 aliphatic rings. The van der Waals surface area contributed by atoms with Gasteiger partial charge in [0.05, 0.1) is 11.9 Å². The number of aromatic carboxylic acids is 1. The van der Waals surface area contributed by atoms with Gasteiger partial charge in [0.25, 0.3) is 0 Å². The maximum atomic E-state index is 10.7. The summed E-state index contributed by atoms with van der Waals surface area (Å²) in [6.07, 6.45) is 1.36. The van der Waals surface area contributed by atoms with Crippen molar-refractivity contribution in [2.24, 2.45) is 0 Å². The monoisotopic (exact) mass is 249 g/mol. The number of nitrogen functional groups attached to an aromatic ring is 1. The van der Waals surface area contributed by atoms with Crippen LogP contribution in [-0.4, -0.2) is 21.0 Å². The second-order valence-electron chi connectivity index (χ2n) is 3.30. The van der Waals surface area contributed by atoms with Crippen molar-refractivity contribution >= 4 is 23.4 Å². The van der Waals surface area contributed by atoms with Gasteiger partial charge in [-0.1, -0.05) is 23.7 Å². The van der Waals surface area contributed by atoms with Gasteiger partial charge < -0.3 is 10.8 Å². The molecule has 1 aromatic heterocycles. The molecule has 1 heterocycles. The third-order valence-electron chi connectivity index (χ3n) is 2.14. The molecule has 2 aromatic rings. The summed E-state index contributed by atoms with van der Waals surface area (Å²) < 4.78 is 0. The van der Waals surface area contributed by atoms with Crippen LogP contribution in [0.25, 0.3) is 11.3 Å². The highest BCUT2D eigenvalue weighted by Crippen LogP contribution is 2.20. The summed E-state index contributed by atoms with van der Waals surface area (Å²) in [6.45, 7) is 0. The number of carbonyl (C=O) groups is 1. The predicted molar refractivity (Wildman–Crippen MR) is 63.8 cm³/mol. The van der Waals surface area contributed by atoms with Gasteiger partial charge in [-0.05, 0) is 12.1 Å². The van der Waals surface area contributed by atoms with Crippen molar-refractivity contribution in [1.29, 1.82) is 0 Å². The SMILES string of the molecule is Nc1nc(-c2ccc(Cl)cc2)cnc1C(=O)O. The molecular weight excluding hydrogens is 242 g/mol. The van der Waals surface area contributed by atoms with Gasteiger partial charge >= 0.3 is 5.97 Å². The molecule has 6 heteroatoms. The number of nitrogens with two attached hydrogens (primary N) is 1. The zero-order chi connectivity index (χ0) is 12.4. The lowest BCUT2D eigenvalue weighted by Gasteiger charge is -2.03. The van der Waals surface area contributed by atoms with E-state index in [-0.39, 0.29) is 11.5 Å². The van der Waals surface area contributed by atoms with Crippen LogP contribution in [0.1, 0.15) is 10.5 Å². The van der Waals surface area contributed by atoms with Crippen LogP contribution < -0.4 is 5.73 Å². The minimum Gasteiger partial charge on any atom is -0.476 e. The summed E-state index contributed by atoms with van der Waals surface area (Å²) in [6, 6.07) is 6.93. The van der Waals surface area contributed by atoms with E-state index in [1.54, 1.807) is 24.3 Å². The van der Waals surface area contributed by atoms with Crippen LogP contribution in [0.2, 0.25) is 5.02 Å². The van der Waals surface area contributed by atoms with Crippen molar-refractivity contribution < 1.29 is 9.90 Å². The number of benzene rings is 1. The second-order valence-corrected chi connectivity index (χ2v) is 3.74. The third kappa shape index (κ3) is 2.34. The molecule has 3 N–H and O–H groups in total. The molecule has 0 radical (unpaired) electrons. The van der Waals surface area contributed by atoms with Crippen molar-refractivity contribution in [1.82, 2.24) is 9.97 Å². The van der Waals surface area contributed by atoms with E-state index in [1.807, 2.05) is 0 Å². The minimum absolute atomic E-state index is 0.107. The smallest absolute Gasteiger partial charge is 0.358 e. The molecule has 0 saturated carbocycles. The molecule has 0 aliphatic heterocycles. The van der Waals surface area contributed by atoms with E-state index in [1.165, 1.54) is 6.20 Å². The lowest BCUT2D eigenvalue weighted by molar-refractivity contribution is 0.0691. The number of rotatable bonds is 2. The second kappa shape index (κ2) is 4.39. The summed E-state index contributed by atoms with van der Waals surface area (Å²) in [5.74, 6) is -1.30. The van der Waals surface area contributed by atoms with Crippen LogP contribution >= 0.6 is 11.6 Å². The number of carboxylic acid groups (broad SMARTS) is 1. The Kier molecular flexibility index (Phi) is 2.93. The molecule has 5 nitrogen and oxygen atoms in total. The van der Waals surface area contributed by atoms with E-state index in [9.17, 15) is 4.79 Å². The summed E-state index contributed by atoms with van der Waals surface area (Å²) in [5.41, 5.74) is 6.53. The minimum atomic E-state index is -1.20. The number of anilines is 1. The van der Waals surface area contributed by atoms with Crippen molar-refractivity contribution in [3.63, 3.8) is 0 Å². The molecule has 0 bridgehead atoms. The Morgan fingerprint density at radius 1 is 1.29 bits per heavy atom. The van der Waals surface area contributed by atoms with Gasteiger partial charge in [-0.15, -0.1) is 0 Å². The van der Waals surface area contributed by atoms with Gasteiger partial charge in [0.2, 0.25) is 0 Å². The van der Waals surface area contributed by atoms with E-state index >= 15 is 0 Å². The molecule has 0 unspecified atom stereocenters. The topological polar surface area (TPSA) is 89.1 Å². The average molecular weight is 250 g/mol. The summed E-state index contributed by atoms with van der Waals surface area (Å²) >= 11 is 5.76. The molecule has 1 aromatic carbocycles. The molecule has 0 fully saturated rings. The molecule has 86 valence electrons. The van der Waals surface area contributed by atoms with Crippen LogP contribution in [0.15, 0.2) is 30.5 Å². The van der Waals surface area contributed by atoms with Crippen molar-refractivity contribution in [2.45, 2.75) is 0 Å². The van der Waals surface area contributed by atoms with Crippen molar-refractivity contribution in [3.05, 3.63) is 41.2 Å². The highest BCUT2D eigenvalue weighted by Gasteiger charge is 2.12. The Morgan fingerprint density at radius 2 is 1.94 bits per heavy atom. The molecule has 17 heavy (non-hydrogen) atoms. The molecule has 0 spiro atoms. The summed E-state index contributed by atoms with van der Waals surface area (Å²) in [4.78, 5) is 18.5. The van der Waals surface area contributed by atoms with Gasteiger partial charge in [-0.25, -0.2) is 14.8 Å². The number of halogens is 1. The normalized spacial score (nSPS) is 10.2. The van der Waals surface area contributed by atoms with Crippen LogP contribution in [0.3, 0.4) is 0 Å². The molecular formula is C11H8ClN3O2. The van der Waals surface area contributed by atoms with Crippen LogP contribution in [0.5, 0.6) is 0 Å². The van der Waals surface area contributed by atoms with E-state index in [4.69, 9.17) is 22.4 Å². The van der Waals surface area contributed by atoms with Crippen LogP contribution in [-0.2, 0) is 0 Å². The molecule has 0 saturated heterocycles. The fraction of sp³-hybridized carbons (Fsp3) is 0. The zero-order valence-corrected chi connectivity index (χ0v) is 9.35. The Labute approximate surface area is 102 Å². The molecule has 2 rings (SSSR count).